The Kier molecular flexibility index (Phi) is 5.09. The van der Waals surface area contributed by atoms with Gasteiger partial charge in [0.2, 0.25) is 5.95 Å². The average Bonchev–Trinajstić information content (AvgIpc) is 2.68. The molecule has 2 fully saturated rings. The zero-order valence-electron chi connectivity index (χ0n) is 16.1. The Bertz CT molecular complexity index is 690. The van der Waals surface area contributed by atoms with E-state index in [1.807, 2.05) is 0 Å². The van der Waals surface area contributed by atoms with E-state index >= 15 is 0 Å². The maximum absolute atomic E-state index is 5.02. The van der Waals surface area contributed by atoms with Crippen LogP contribution in [0.5, 0.6) is 0 Å². The number of nitrogens with zero attached hydrogens (tertiary/aromatic N) is 4. The van der Waals surface area contributed by atoms with Crippen molar-refractivity contribution in [3.05, 3.63) is 36.4 Å². The molecule has 2 aromatic rings. The van der Waals surface area contributed by atoms with Gasteiger partial charge in [0.05, 0.1) is 5.69 Å². The Morgan fingerprint density at radius 1 is 0.846 bits per heavy atom. The molecule has 2 saturated heterocycles. The zero-order valence-corrected chi connectivity index (χ0v) is 16.1. The molecule has 2 atom stereocenters. The van der Waals surface area contributed by atoms with E-state index in [2.05, 4.69) is 60.0 Å². The maximum atomic E-state index is 5.02. The van der Waals surface area contributed by atoms with Gasteiger partial charge in [0.1, 0.15) is 5.82 Å². The highest BCUT2D eigenvalue weighted by Crippen LogP contribution is 2.29. The number of rotatable bonds is 3. The van der Waals surface area contributed by atoms with Gasteiger partial charge in [-0.05, 0) is 37.5 Å². The van der Waals surface area contributed by atoms with E-state index in [9.17, 15) is 0 Å². The van der Waals surface area contributed by atoms with Crippen molar-refractivity contribution >= 4 is 11.8 Å². The summed E-state index contributed by atoms with van der Waals surface area (Å²) in [6.07, 6.45) is 5.12. The summed E-state index contributed by atoms with van der Waals surface area (Å²) in [5.74, 6) is 3.45. The number of hydrogen-bond donors (Lipinski definition) is 0. The molecule has 3 heterocycles. The van der Waals surface area contributed by atoms with Crippen LogP contribution in [0.1, 0.15) is 39.5 Å². The number of anilines is 2. The van der Waals surface area contributed by atoms with Crippen molar-refractivity contribution in [1.82, 2.24) is 9.97 Å². The Balaban J connectivity index is 1.72. The van der Waals surface area contributed by atoms with E-state index < -0.39 is 0 Å². The summed E-state index contributed by atoms with van der Waals surface area (Å²) in [5.41, 5.74) is 2.22. The molecule has 138 valence electrons. The van der Waals surface area contributed by atoms with Crippen molar-refractivity contribution in [3.63, 3.8) is 0 Å². The summed E-state index contributed by atoms with van der Waals surface area (Å²) < 4.78 is 0. The number of benzene rings is 1. The summed E-state index contributed by atoms with van der Waals surface area (Å²) in [7, 11) is 0. The minimum Gasteiger partial charge on any atom is -0.356 e. The second-order valence-corrected chi connectivity index (χ2v) is 8.16. The average molecular weight is 351 g/mol. The van der Waals surface area contributed by atoms with E-state index in [1.165, 1.54) is 31.2 Å². The highest BCUT2D eigenvalue weighted by atomic mass is 15.3. The first-order chi connectivity index (χ1) is 12.7. The lowest BCUT2D eigenvalue weighted by molar-refractivity contribution is 0.438. The quantitative estimate of drug-likeness (QED) is 0.809. The molecule has 2 aliphatic rings. The Morgan fingerprint density at radius 2 is 1.50 bits per heavy atom. The summed E-state index contributed by atoms with van der Waals surface area (Å²) in [4.78, 5) is 14.8. The van der Waals surface area contributed by atoms with Crippen LogP contribution >= 0.6 is 0 Å². The monoisotopic (exact) mass is 350 g/mol. The lowest BCUT2D eigenvalue weighted by Gasteiger charge is -2.34. The van der Waals surface area contributed by atoms with Crippen LogP contribution in [0, 0.1) is 11.8 Å². The van der Waals surface area contributed by atoms with Crippen molar-refractivity contribution in [3.8, 4) is 11.3 Å². The van der Waals surface area contributed by atoms with Gasteiger partial charge in [-0.15, -0.1) is 0 Å². The first-order valence-electron chi connectivity index (χ1n) is 10.1. The topological polar surface area (TPSA) is 32.3 Å². The summed E-state index contributed by atoms with van der Waals surface area (Å²) in [6, 6.07) is 12.7. The summed E-state index contributed by atoms with van der Waals surface area (Å²) in [6.45, 7) is 9.01. The van der Waals surface area contributed by atoms with Crippen LogP contribution in [0.4, 0.5) is 11.8 Å². The smallest absolute Gasteiger partial charge is 0.227 e. The molecule has 0 radical (unpaired) electrons. The number of piperidine rings is 2. The normalized spacial score (nSPS) is 23.9. The first-order valence-corrected chi connectivity index (χ1v) is 10.1. The molecule has 4 heteroatoms. The third-order valence-corrected chi connectivity index (χ3v) is 5.69. The fourth-order valence-electron chi connectivity index (χ4n) is 4.25. The SMILES string of the molecule is CC1CCCN(c2cc(-c3ccccc3)nc(N3CCCC(C)C3)n2)C1. The van der Waals surface area contributed by atoms with Crippen LogP contribution in [-0.2, 0) is 0 Å². The van der Waals surface area contributed by atoms with Gasteiger partial charge in [-0.1, -0.05) is 44.2 Å². The van der Waals surface area contributed by atoms with Gasteiger partial charge in [-0.3, -0.25) is 0 Å². The number of aromatic nitrogens is 2. The van der Waals surface area contributed by atoms with Crippen LogP contribution in [-0.4, -0.2) is 36.1 Å². The molecule has 2 aliphatic heterocycles. The van der Waals surface area contributed by atoms with Gasteiger partial charge in [0.25, 0.3) is 0 Å². The fourth-order valence-corrected chi connectivity index (χ4v) is 4.25. The van der Waals surface area contributed by atoms with Gasteiger partial charge in [-0.2, -0.15) is 4.98 Å². The molecule has 2 unspecified atom stereocenters. The van der Waals surface area contributed by atoms with Crippen molar-refractivity contribution in [2.45, 2.75) is 39.5 Å². The molecule has 4 rings (SSSR count). The van der Waals surface area contributed by atoms with Crippen LogP contribution < -0.4 is 9.80 Å². The predicted octanol–water partition coefficient (Wildman–Crippen LogP) is 4.62. The second-order valence-electron chi connectivity index (χ2n) is 8.16. The Morgan fingerprint density at radius 3 is 2.19 bits per heavy atom. The van der Waals surface area contributed by atoms with E-state index in [1.54, 1.807) is 0 Å². The van der Waals surface area contributed by atoms with Crippen LogP contribution in [0.25, 0.3) is 11.3 Å². The highest BCUT2D eigenvalue weighted by Gasteiger charge is 2.23. The van der Waals surface area contributed by atoms with E-state index in [0.29, 0.717) is 5.92 Å². The Hall–Kier alpha value is -2.10. The van der Waals surface area contributed by atoms with E-state index in [0.717, 1.165) is 49.6 Å². The summed E-state index contributed by atoms with van der Waals surface area (Å²) in [5, 5.41) is 0. The summed E-state index contributed by atoms with van der Waals surface area (Å²) >= 11 is 0. The maximum Gasteiger partial charge on any atom is 0.227 e. The molecular formula is C22H30N4. The molecule has 1 aromatic heterocycles. The van der Waals surface area contributed by atoms with Crippen molar-refractivity contribution in [2.24, 2.45) is 11.8 Å². The highest BCUT2D eigenvalue weighted by molar-refractivity contribution is 5.65. The van der Waals surface area contributed by atoms with Crippen molar-refractivity contribution in [2.75, 3.05) is 36.0 Å². The van der Waals surface area contributed by atoms with Crippen LogP contribution in [0.15, 0.2) is 36.4 Å². The third kappa shape index (κ3) is 3.84. The predicted molar refractivity (Wildman–Crippen MR) is 109 cm³/mol. The van der Waals surface area contributed by atoms with Crippen LogP contribution in [0.3, 0.4) is 0 Å². The standard InChI is InChI=1S/C22H30N4/c1-17-8-6-12-25(15-17)21-14-20(19-10-4-3-5-11-19)23-22(24-21)26-13-7-9-18(2)16-26/h3-5,10-11,14,17-18H,6-9,12-13,15-16H2,1-2H3. The minimum atomic E-state index is 0.714. The Labute approximate surface area is 157 Å². The van der Waals surface area contributed by atoms with Crippen molar-refractivity contribution < 1.29 is 0 Å². The molecule has 26 heavy (non-hydrogen) atoms. The first kappa shape index (κ1) is 17.3. The number of hydrogen-bond acceptors (Lipinski definition) is 4. The van der Waals surface area contributed by atoms with Gasteiger partial charge >= 0.3 is 0 Å². The van der Waals surface area contributed by atoms with E-state index in [-0.39, 0.29) is 0 Å². The van der Waals surface area contributed by atoms with Gasteiger partial charge < -0.3 is 9.80 Å². The van der Waals surface area contributed by atoms with Gasteiger partial charge in [0.15, 0.2) is 0 Å². The molecule has 0 saturated carbocycles. The molecular weight excluding hydrogens is 320 g/mol. The fraction of sp³-hybridized carbons (Fsp3) is 0.545. The lowest BCUT2D eigenvalue weighted by atomic mass is 10.00. The third-order valence-electron chi connectivity index (χ3n) is 5.69. The van der Waals surface area contributed by atoms with Crippen LogP contribution in [0.2, 0.25) is 0 Å². The molecule has 0 aliphatic carbocycles. The molecule has 0 N–H and O–H groups in total. The molecule has 0 bridgehead atoms. The zero-order chi connectivity index (χ0) is 17.9. The second kappa shape index (κ2) is 7.65. The largest absolute Gasteiger partial charge is 0.356 e. The van der Waals surface area contributed by atoms with Crippen molar-refractivity contribution in [1.29, 1.82) is 0 Å². The van der Waals surface area contributed by atoms with Gasteiger partial charge in [0, 0.05) is 37.8 Å². The molecule has 4 nitrogen and oxygen atoms in total. The van der Waals surface area contributed by atoms with Gasteiger partial charge in [-0.25, -0.2) is 4.98 Å². The molecule has 0 amide bonds. The molecule has 1 aromatic carbocycles. The molecule has 0 spiro atoms. The van der Waals surface area contributed by atoms with E-state index in [4.69, 9.17) is 9.97 Å². The lowest BCUT2D eigenvalue weighted by Crippen LogP contribution is -2.37. The minimum absolute atomic E-state index is 0.714.